The molecule has 0 saturated carbocycles. The molecular formula is C20H20ClN5O4. The number of hydrogen-bond donors (Lipinski definition) is 2. The van der Waals surface area contributed by atoms with E-state index >= 15 is 0 Å². The van der Waals surface area contributed by atoms with Gasteiger partial charge in [-0.05, 0) is 31.4 Å². The molecule has 2 heterocycles. The predicted octanol–water partition coefficient (Wildman–Crippen LogP) is 3.68. The summed E-state index contributed by atoms with van der Waals surface area (Å²) in [6.45, 7) is 0.701. The lowest BCUT2D eigenvalue weighted by Gasteiger charge is -2.23. The number of carbonyl (C=O) groups is 1. The number of nitrogens with two attached hydrogens (primary N) is 1. The fraction of sp³-hybridized carbons (Fsp3) is 0.300. The Morgan fingerprint density at radius 3 is 2.93 bits per heavy atom. The molecule has 1 amide bonds. The predicted molar refractivity (Wildman–Crippen MR) is 111 cm³/mol. The van der Waals surface area contributed by atoms with Crippen molar-refractivity contribution in [3.05, 3.63) is 68.9 Å². The molecule has 3 N–H and O–H groups in total. The lowest BCUT2D eigenvalue weighted by Crippen LogP contribution is -2.34. The minimum atomic E-state index is -0.900. The molecule has 30 heavy (non-hydrogen) atoms. The molecular weight excluding hydrogens is 410 g/mol. The van der Waals surface area contributed by atoms with Crippen LogP contribution in [0.25, 0.3) is 10.9 Å². The average molecular weight is 430 g/mol. The van der Waals surface area contributed by atoms with Gasteiger partial charge in [-0.15, -0.1) is 0 Å². The Bertz CT molecular complexity index is 1110. The highest BCUT2D eigenvalue weighted by molar-refractivity contribution is 6.36. The van der Waals surface area contributed by atoms with Gasteiger partial charge in [-0.3, -0.25) is 14.9 Å². The van der Waals surface area contributed by atoms with E-state index in [0.717, 1.165) is 24.8 Å². The Morgan fingerprint density at radius 2 is 2.20 bits per heavy atom. The van der Waals surface area contributed by atoms with Crippen molar-refractivity contribution in [2.45, 2.75) is 31.7 Å². The lowest BCUT2D eigenvalue weighted by molar-refractivity contribution is -0.384. The summed E-state index contributed by atoms with van der Waals surface area (Å²) in [7, 11) is 0. The van der Waals surface area contributed by atoms with Crippen molar-refractivity contribution in [2.24, 2.45) is 5.73 Å². The molecule has 1 saturated heterocycles. The number of carbonyl (C=O) groups excluding carboxylic acids is 1. The first kappa shape index (κ1) is 20.3. The SMILES string of the molecule is NC(NC(=O)c1cccc([N+](=O)[O-])c1)c1ccc2c(cnn2C2CCCCO2)c1Cl. The third kappa shape index (κ3) is 3.87. The number of hydrogen-bond acceptors (Lipinski definition) is 6. The topological polar surface area (TPSA) is 125 Å². The highest BCUT2D eigenvalue weighted by Crippen LogP contribution is 2.33. The summed E-state index contributed by atoms with van der Waals surface area (Å²) in [6.07, 6.45) is 3.64. The van der Waals surface area contributed by atoms with Gasteiger partial charge in [-0.25, -0.2) is 4.68 Å². The molecule has 1 aliphatic heterocycles. The molecule has 2 aromatic carbocycles. The Kier molecular flexibility index (Phi) is 5.67. The normalized spacial score (nSPS) is 17.6. The Labute approximate surface area is 176 Å². The van der Waals surface area contributed by atoms with E-state index in [-0.39, 0.29) is 17.5 Å². The van der Waals surface area contributed by atoms with Gasteiger partial charge in [0.15, 0.2) is 6.23 Å². The zero-order valence-electron chi connectivity index (χ0n) is 16.0. The van der Waals surface area contributed by atoms with E-state index in [1.165, 1.54) is 24.3 Å². The molecule has 0 radical (unpaired) electrons. The molecule has 0 aliphatic carbocycles. The summed E-state index contributed by atoms with van der Waals surface area (Å²) in [4.78, 5) is 22.9. The number of nitro groups is 1. The van der Waals surface area contributed by atoms with Crippen molar-refractivity contribution >= 4 is 34.1 Å². The highest BCUT2D eigenvalue weighted by atomic mass is 35.5. The number of nitrogens with one attached hydrogen (secondary N) is 1. The van der Waals surface area contributed by atoms with Gasteiger partial charge in [0.05, 0.1) is 21.7 Å². The molecule has 0 bridgehead atoms. The number of non-ortho nitro benzene ring substituents is 1. The van der Waals surface area contributed by atoms with Crippen LogP contribution in [0.15, 0.2) is 42.6 Å². The fourth-order valence-electron chi connectivity index (χ4n) is 3.55. The third-order valence-corrected chi connectivity index (χ3v) is 5.54. The second-order valence-corrected chi connectivity index (χ2v) is 7.45. The molecule has 9 nitrogen and oxygen atoms in total. The average Bonchev–Trinajstić information content (AvgIpc) is 3.19. The summed E-state index contributed by atoms with van der Waals surface area (Å²) in [5, 5.41) is 19.1. The molecule has 156 valence electrons. The third-order valence-electron chi connectivity index (χ3n) is 5.11. The number of amides is 1. The van der Waals surface area contributed by atoms with Crippen molar-refractivity contribution in [1.82, 2.24) is 15.1 Å². The van der Waals surface area contributed by atoms with Crippen LogP contribution < -0.4 is 11.1 Å². The van der Waals surface area contributed by atoms with E-state index in [0.29, 0.717) is 22.6 Å². The van der Waals surface area contributed by atoms with E-state index < -0.39 is 17.0 Å². The lowest BCUT2D eigenvalue weighted by atomic mass is 10.1. The smallest absolute Gasteiger partial charge is 0.270 e. The minimum Gasteiger partial charge on any atom is -0.356 e. The minimum absolute atomic E-state index is 0.125. The maximum atomic E-state index is 12.5. The summed E-state index contributed by atoms with van der Waals surface area (Å²) in [5.41, 5.74) is 7.48. The number of halogens is 1. The second kappa shape index (κ2) is 8.39. The van der Waals surface area contributed by atoms with Crippen LogP contribution in [-0.2, 0) is 4.74 Å². The highest BCUT2D eigenvalue weighted by Gasteiger charge is 2.22. The van der Waals surface area contributed by atoms with Crippen LogP contribution in [0.5, 0.6) is 0 Å². The first-order valence-corrected chi connectivity index (χ1v) is 9.91. The molecule has 0 spiro atoms. The molecule has 10 heteroatoms. The zero-order valence-corrected chi connectivity index (χ0v) is 16.7. The van der Waals surface area contributed by atoms with Gasteiger partial charge < -0.3 is 15.8 Å². The second-order valence-electron chi connectivity index (χ2n) is 7.07. The van der Waals surface area contributed by atoms with Gasteiger partial charge in [0.2, 0.25) is 0 Å². The van der Waals surface area contributed by atoms with Crippen LogP contribution in [0.1, 0.15) is 47.6 Å². The fourth-order valence-corrected chi connectivity index (χ4v) is 3.88. The van der Waals surface area contributed by atoms with Crippen LogP contribution in [0, 0.1) is 10.1 Å². The van der Waals surface area contributed by atoms with Crippen LogP contribution in [0.3, 0.4) is 0 Å². The zero-order chi connectivity index (χ0) is 21.3. The van der Waals surface area contributed by atoms with Crippen LogP contribution in [0.2, 0.25) is 5.02 Å². The van der Waals surface area contributed by atoms with Crippen LogP contribution in [0.4, 0.5) is 5.69 Å². The largest absolute Gasteiger partial charge is 0.356 e. The summed E-state index contributed by atoms with van der Waals surface area (Å²) in [6, 6.07) is 9.02. The van der Waals surface area contributed by atoms with Gasteiger partial charge in [-0.2, -0.15) is 5.10 Å². The maximum Gasteiger partial charge on any atom is 0.270 e. The van der Waals surface area contributed by atoms with E-state index in [1.54, 1.807) is 12.3 Å². The Balaban J connectivity index is 1.57. The van der Waals surface area contributed by atoms with E-state index in [2.05, 4.69) is 10.4 Å². The molecule has 3 aromatic rings. The van der Waals surface area contributed by atoms with E-state index in [1.807, 2.05) is 10.7 Å². The first-order valence-electron chi connectivity index (χ1n) is 9.54. The summed E-state index contributed by atoms with van der Waals surface area (Å²) in [5.74, 6) is -0.534. The van der Waals surface area contributed by atoms with Crippen LogP contribution >= 0.6 is 11.6 Å². The van der Waals surface area contributed by atoms with Crippen molar-refractivity contribution < 1.29 is 14.5 Å². The number of benzene rings is 2. The van der Waals surface area contributed by atoms with Gasteiger partial charge in [0.25, 0.3) is 11.6 Å². The maximum absolute atomic E-state index is 12.5. The first-order chi connectivity index (χ1) is 14.5. The molecule has 1 aromatic heterocycles. The molecule has 2 unspecified atom stereocenters. The number of nitro benzene ring substituents is 1. The molecule has 1 aliphatic rings. The van der Waals surface area contributed by atoms with E-state index in [4.69, 9.17) is 22.1 Å². The quantitative estimate of drug-likeness (QED) is 0.362. The number of fused-ring (bicyclic) bond motifs is 1. The van der Waals surface area contributed by atoms with Crippen LogP contribution in [-0.4, -0.2) is 27.2 Å². The van der Waals surface area contributed by atoms with Crippen molar-refractivity contribution in [3.63, 3.8) is 0 Å². The number of ether oxygens (including phenoxy) is 1. The molecule has 4 rings (SSSR count). The number of nitrogens with zero attached hydrogens (tertiary/aromatic N) is 3. The number of aromatic nitrogens is 2. The Hall–Kier alpha value is -3.01. The monoisotopic (exact) mass is 429 g/mol. The van der Waals surface area contributed by atoms with Crippen molar-refractivity contribution in [3.8, 4) is 0 Å². The van der Waals surface area contributed by atoms with Crippen molar-refractivity contribution in [2.75, 3.05) is 6.61 Å². The summed E-state index contributed by atoms with van der Waals surface area (Å²) >= 11 is 6.57. The van der Waals surface area contributed by atoms with Gasteiger partial charge in [-0.1, -0.05) is 23.7 Å². The molecule has 1 fully saturated rings. The standard InChI is InChI=1S/C20H20ClN5O4/c21-18-14(19(22)24-20(27)12-4-3-5-13(10-12)26(28)29)7-8-16-15(18)11-23-25(16)17-6-1-2-9-30-17/h3-5,7-8,10-11,17,19H,1-2,6,9,22H2,(H,24,27). The van der Waals surface area contributed by atoms with Gasteiger partial charge in [0.1, 0.15) is 6.17 Å². The van der Waals surface area contributed by atoms with Gasteiger partial charge in [0, 0.05) is 35.3 Å². The number of rotatable bonds is 5. The summed E-state index contributed by atoms with van der Waals surface area (Å²) < 4.78 is 7.62. The van der Waals surface area contributed by atoms with Crippen molar-refractivity contribution in [1.29, 1.82) is 0 Å². The molecule has 2 atom stereocenters. The van der Waals surface area contributed by atoms with E-state index in [9.17, 15) is 14.9 Å². The Morgan fingerprint density at radius 1 is 1.37 bits per heavy atom. The van der Waals surface area contributed by atoms with Gasteiger partial charge >= 0.3 is 0 Å².